The molecule has 0 radical (unpaired) electrons. The Morgan fingerprint density at radius 1 is 0.966 bits per heavy atom. The van der Waals surface area contributed by atoms with Crippen LogP contribution in [-0.4, -0.2) is 70.0 Å². The fourth-order valence-corrected chi connectivity index (χ4v) is 5.09. The largest absolute Gasteiger partial charge is 0.468 e. The Hall–Kier alpha value is -1.44. The van der Waals surface area contributed by atoms with Crippen LogP contribution >= 0.6 is 23.4 Å². The van der Waals surface area contributed by atoms with Gasteiger partial charge in [0.15, 0.2) is 6.79 Å². The highest BCUT2D eigenvalue weighted by atomic mass is 35.5. The van der Waals surface area contributed by atoms with Gasteiger partial charge in [-0.2, -0.15) is 0 Å². The summed E-state index contributed by atoms with van der Waals surface area (Å²) in [7, 11) is 3.83. The topological polar surface area (TPSA) is 28.2 Å². The van der Waals surface area contributed by atoms with Crippen LogP contribution in [-0.2, 0) is 4.74 Å². The number of anilines is 2. The average molecular weight is 434 g/mol. The van der Waals surface area contributed by atoms with Crippen LogP contribution in [0.25, 0.3) is 0 Å². The highest BCUT2D eigenvalue weighted by Crippen LogP contribution is 2.49. The van der Waals surface area contributed by atoms with Gasteiger partial charge < -0.3 is 24.2 Å². The van der Waals surface area contributed by atoms with Gasteiger partial charge in [-0.15, -0.1) is 0 Å². The number of piperazine rings is 1. The minimum Gasteiger partial charge on any atom is -0.468 e. The van der Waals surface area contributed by atoms with Gasteiger partial charge in [0.25, 0.3) is 0 Å². The van der Waals surface area contributed by atoms with Gasteiger partial charge in [-0.05, 0) is 56.4 Å². The number of nitrogens with zero attached hydrogens (tertiary/aromatic N) is 3. The van der Waals surface area contributed by atoms with Gasteiger partial charge in [0, 0.05) is 54.6 Å². The Bertz CT molecular complexity index is 843. The third-order valence-electron chi connectivity index (χ3n) is 5.45. The summed E-state index contributed by atoms with van der Waals surface area (Å²) in [5, 5.41) is 0.775. The number of rotatable bonds is 7. The first-order valence-electron chi connectivity index (χ1n) is 10.1. The van der Waals surface area contributed by atoms with E-state index in [4.69, 9.17) is 21.1 Å². The SMILES string of the molecule is COCOc1ccc2c(c1)Sc1ccc(Cl)cc1N2CCCN1CCN(C)CC1. The fraction of sp³-hybridized carbons (Fsp3) is 0.455. The molecule has 0 aromatic heterocycles. The molecule has 4 rings (SSSR count). The standard InChI is InChI=1S/C22H28ClN3O2S/c1-24-10-12-25(13-11-24)8-3-9-26-19-6-5-18(28-16-27-2)15-22(19)29-21-7-4-17(23)14-20(21)26/h4-7,14-15H,3,8-13,16H2,1-2H3. The van der Waals surface area contributed by atoms with Crippen molar-refractivity contribution in [3.8, 4) is 5.75 Å². The molecular weight excluding hydrogens is 406 g/mol. The molecule has 2 aliphatic rings. The lowest BCUT2D eigenvalue weighted by Crippen LogP contribution is -2.45. The van der Waals surface area contributed by atoms with Crippen molar-refractivity contribution < 1.29 is 9.47 Å². The van der Waals surface area contributed by atoms with E-state index in [0.29, 0.717) is 0 Å². The molecule has 2 heterocycles. The first kappa shape index (κ1) is 20.8. The van der Waals surface area contributed by atoms with Crippen LogP contribution < -0.4 is 9.64 Å². The van der Waals surface area contributed by atoms with Gasteiger partial charge in [-0.3, -0.25) is 0 Å². The van der Waals surface area contributed by atoms with Gasteiger partial charge in [0.1, 0.15) is 5.75 Å². The van der Waals surface area contributed by atoms with Crippen molar-refractivity contribution >= 4 is 34.7 Å². The Balaban J connectivity index is 1.51. The summed E-state index contributed by atoms with van der Waals surface area (Å²) < 4.78 is 10.7. The second kappa shape index (κ2) is 9.58. The van der Waals surface area contributed by atoms with Crippen LogP contribution in [0.1, 0.15) is 6.42 Å². The normalized spacial score (nSPS) is 17.1. The molecule has 1 saturated heterocycles. The Morgan fingerprint density at radius 3 is 2.59 bits per heavy atom. The number of methoxy groups -OCH3 is 1. The monoisotopic (exact) mass is 433 g/mol. The van der Waals surface area contributed by atoms with Crippen LogP contribution in [0.15, 0.2) is 46.2 Å². The lowest BCUT2D eigenvalue weighted by molar-refractivity contribution is 0.0510. The molecule has 0 atom stereocenters. The van der Waals surface area contributed by atoms with Crippen LogP contribution in [0, 0.1) is 0 Å². The van der Waals surface area contributed by atoms with Gasteiger partial charge in [0.2, 0.25) is 0 Å². The van der Waals surface area contributed by atoms with Crippen LogP contribution in [0.2, 0.25) is 5.02 Å². The van der Waals surface area contributed by atoms with Gasteiger partial charge in [0.05, 0.1) is 11.4 Å². The van der Waals surface area contributed by atoms with E-state index in [9.17, 15) is 0 Å². The first-order chi connectivity index (χ1) is 14.1. The maximum Gasteiger partial charge on any atom is 0.188 e. The maximum absolute atomic E-state index is 6.34. The lowest BCUT2D eigenvalue weighted by Gasteiger charge is -2.35. The summed E-state index contributed by atoms with van der Waals surface area (Å²) in [5.74, 6) is 0.827. The third kappa shape index (κ3) is 5.01. The number of likely N-dealkylation sites (N-methyl/N-ethyl adjacent to an activating group) is 1. The summed E-state index contributed by atoms with van der Waals surface area (Å²) in [4.78, 5) is 9.80. The van der Waals surface area contributed by atoms with Crippen molar-refractivity contribution in [2.75, 3.05) is 65.1 Å². The molecule has 0 N–H and O–H groups in total. The predicted molar refractivity (Wildman–Crippen MR) is 120 cm³/mol. The molecule has 0 unspecified atom stereocenters. The predicted octanol–water partition coefficient (Wildman–Crippen LogP) is 4.56. The summed E-state index contributed by atoms with van der Waals surface area (Å²) in [6, 6.07) is 12.4. The molecule has 7 heteroatoms. The van der Waals surface area contributed by atoms with E-state index in [0.717, 1.165) is 56.5 Å². The molecule has 1 fully saturated rings. The zero-order valence-corrected chi connectivity index (χ0v) is 18.6. The van der Waals surface area contributed by atoms with E-state index < -0.39 is 0 Å². The zero-order valence-electron chi connectivity index (χ0n) is 17.1. The summed E-state index contributed by atoms with van der Waals surface area (Å²) >= 11 is 8.11. The van der Waals surface area contributed by atoms with Crippen molar-refractivity contribution in [1.29, 1.82) is 0 Å². The average Bonchev–Trinajstić information content (AvgIpc) is 2.73. The quantitative estimate of drug-likeness (QED) is 0.594. The smallest absolute Gasteiger partial charge is 0.188 e. The molecule has 0 aliphatic carbocycles. The van der Waals surface area contributed by atoms with E-state index in [1.807, 2.05) is 12.1 Å². The molecule has 2 aromatic rings. The molecular formula is C22H28ClN3O2S. The Morgan fingerprint density at radius 2 is 1.79 bits per heavy atom. The van der Waals surface area contributed by atoms with E-state index in [1.54, 1.807) is 18.9 Å². The maximum atomic E-state index is 6.34. The van der Waals surface area contributed by atoms with Crippen molar-refractivity contribution in [2.45, 2.75) is 16.2 Å². The Labute approximate surface area is 182 Å². The van der Waals surface area contributed by atoms with E-state index in [1.165, 1.54) is 21.2 Å². The molecule has 29 heavy (non-hydrogen) atoms. The molecule has 5 nitrogen and oxygen atoms in total. The lowest BCUT2D eigenvalue weighted by atomic mass is 10.2. The number of halogens is 1. The minimum absolute atomic E-state index is 0.254. The number of hydrogen-bond donors (Lipinski definition) is 0. The minimum atomic E-state index is 0.254. The van der Waals surface area contributed by atoms with E-state index >= 15 is 0 Å². The second-order valence-corrected chi connectivity index (χ2v) is 9.06. The van der Waals surface area contributed by atoms with E-state index in [2.05, 4.69) is 46.0 Å². The molecule has 0 amide bonds. The summed E-state index contributed by atoms with van der Waals surface area (Å²) in [6.45, 7) is 6.97. The van der Waals surface area contributed by atoms with Crippen molar-refractivity contribution in [1.82, 2.24) is 9.80 Å². The van der Waals surface area contributed by atoms with E-state index in [-0.39, 0.29) is 6.79 Å². The molecule has 0 saturated carbocycles. The first-order valence-corrected chi connectivity index (χ1v) is 11.2. The fourth-order valence-electron chi connectivity index (χ4n) is 3.82. The van der Waals surface area contributed by atoms with Gasteiger partial charge in [-0.25, -0.2) is 0 Å². The molecule has 2 aromatic carbocycles. The van der Waals surface area contributed by atoms with Crippen molar-refractivity contribution in [3.05, 3.63) is 41.4 Å². The molecule has 0 spiro atoms. The molecule has 2 aliphatic heterocycles. The summed E-state index contributed by atoms with van der Waals surface area (Å²) in [6.07, 6.45) is 1.11. The van der Waals surface area contributed by atoms with Gasteiger partial charge >= 0.3 is 0 Å². The second-order valence-electron chi connectivity index (χ2n) is 7.54. The highest BCUT2D eigenvalue weighted by molar-refractivity contribution is 7.99. The number of fused-ring (bicyclic) bond motifs is 2. The van der Waals surface area contributed by atoms with Crippen LogP contribution in [0.3, 0.4) is 0 Å². The zero-order chi connectivity index (χ0) is 20.2. The van der Waals surface area contributed by atoms with Crippen molar-refractivity contribution in [2.24, 2.45) is 0 Å². The molecule has 156 valence electrons. The van der Waals surface area contributed by atoms with Gasteiger partial charge in [-0.1, -0.05) is 23.4 Å². The number of hydrogen-bond acceptors (Lipinski definition) is 6. The van der Waals surface area contributed by atoms with Crippen molar-refractivity contribution in [3.63, 3.8) is 0 Å². The number of ether oxygens (including phenoxy) is 2. The summed E-state index contributed by atoms with van der Waals surface area (Å²) in [5.41, 5.74) is 2.41. The number of benzene rings is 2. The van der Waals surface area contributed by atoms with Crippen LogP contribution in [0.4, 0.5) is 11.4 Å². The Kier molecular flexibility index (Phi) is 6.88. The molecule has 0 bridgehead atoms. The van der Waals surface area contributed by atoms with Crippen LogP contribution in [0.5, 0.6) is 5.75 Å². The third-order valence-corrected chi connectivity index (χ3v) is 6.80. The highest BCUT2D eigenvalue weighted by Gasteiger charge is 2.24.